The molecule has 7 nitrogen and oxygen atoms in total. The van der Waals surface area contributed by atoms with E-state index in [9.17, 15) is 4.79 Å². The van der Waals surface area contributed by atoms with Gasteiger partial charge in [-0.2, -0.15) is 5.10 Å². The lowest BCUT2D eigenvalue weighted by molar-refractivity contribution is -0.137. The molecule has 3 heterocycles. The van der Waals surface area contributed by atoms with Crippen LogP contribution in [0.5, 0.6) is 0 Å². The third kappa shape index (κ3) is 4.07. The quantitative estimate of drug-likeness (QED) is 0.776. The smallest absolute Gasteiger partial charge is 0.249 e. The summed E-state index contributed by atoms with van der Waals surface area (Å²) >= 11 is 0. The zero-order chi connectivity index (χ0) is 20.4. The molecule has 2 aliphatic heterocycles. The Morgan fingerprint density at radius 2 is 2.07 bits per heavy atom. The van der Waals surface area contributed by atoms with Crippen LogP contribution in [0.1, 0.15) is 42.7 Å². The van der Waals surface area contributed by atoms with Gasteiger partial charge in [0.1, 0.15) is 18.3 Å². The second-order valence-corrected chi connectivity index (χ2v) is 8.15. The van der Waals surface area contributed by atoms with Gasteiger partial charge in [-0.3, -0.25) is 14.8 Å². The highest BCUT2D eigenvalue weighted by Crippen LogP contribution is 2.46. The SMILES string of the molecule is CCOCC(=O)N1C[C@@H]2CN(Cc3nc(CC)n[nH]3)C[C@@H]2[C@@H]1c1ccccc1C. The number of aromatic nitrogens is 3. The lowest BCUT2D eigenvalue weighted by Crippen LogP contribution is -2.38. The number of ether oxygens (including phenoxy) is 1. The third-order valence-electron chi connectivity index (χ3n) is 6.26. The predicted molar refractivity (Wildman–Crippen MR) is 110 cm³/mol. The first-order valence-corrected chi connectivity index (χ1v) is 10.7. The fourth-order valence-corrected chi connectivity index (χ4v) is 4.89. The van der Waals surface area contributed by atoms with Crippen LogP contribution in [0, 0.1) is 18.8 Å². The van der Waals surface area contributed by atoms with Gasteiger partial charge < -0.3 is 9.64 Å². The van der Waals surface area contributed by atoms with Crippen LogP contribution in [-0.2, 0) is 22.5 Å². The monoisotopic (exact) mass is 397 g/mol. The van der Waals surface area contributed by atoms with Crippen molar-refractivity contribution in [2.24, 2.45) is 11.8 Å². The summed E-state index contributed by atoms with van der Waals surface area (Å²) < 4.78 is 5.44. The minimum absolute atomic E-state index is 0.101. The molecule has 0 spiro atoms. The molecule has 156 valence electrons. The van der Waals surface area contributed by atoms with Gasteiger partial charge in [-0.1, -0.05) is 31.2 Å². The molecule has 0 radical (unpaired) electrons. The van der Waals surface area contributed by atoms with Crippen molar-refractivity contribution in [3.05, 3.63) is 47.0 Å². The van der Waals surface area contributed by atoms with E-state index in [-0.39, 0.29) is 18.6 Å². The molecule has 0 saturated carbocycles. The number of likely N-dealkylation sites (tertiary alicyclic amines) is 2. The van der Waals surface area contributed by atoms with E-state index in [1.807, 2.05) is 6.92 Å². The summed E-state index contributed by atoms with van der Waals surface area (Å²) in [6.45, 7) is 10.4. The fourth-order valence-electron chi connectivity index (χ4n) is 4.89. The highest BCUT2D eigenvalue weighted by molar-refractivity contribution is 5.78. The summed E-state index contributed by atoms with van der Waals surface area (Å²) in [5.41, 5.74) is 2.51. The number of aryl methyl sites for hydroxylation is 2. The molecular formula is C22H31N5O2. The second kappa shape index (κ2) is 8.63. The molecule has 7 heteroatoms. The molecule has 0 bridgehead atoms. The topological polar surface area (TPSA) is 74.3 Å². The number of benzene rings is 1. The van der Waals surface area contributed by atoms with Crippen LogP contribution in [0.4, 0.5) is 0 Å². The van der Waals surface area contributed by atoms with E-state index in [0.717, 1.165) is 44.2 Å². The van der Waals surface area contributed by atoms with Crippen molar-refractivity contribution in [1.82, 2.24) is 25.0 Å². The van der Waals surface area contributed by atoms with Gasteiger partial charge >= 0.3 is 0 Å². The molecule has 2 aromatic rings. The number of nitrogens with one attached hydrogen (secondary N) is 1. The van der Waals surface area contributed by atoms with Crippen LogP contribution in [-0.4, -0.2) is 63.7 Å². The van der Waals surface area contributed by atoms with Crippen molar-refractivity contribution >= 4 is 5.91 Å². The molecule has 2 fully saturated rings. The summed E-state index contributed by atoms with van der Waals surface area (Å²) in [4.78, 5) is 22.0. The number of carbonyl (C=O) groups excluding carboxylic acids is 1. The summed E-state index contributed by atoms with van der Waals surface area (Å²) in [6.07, 6.45) is 0.841. The van der Waals surface area contributed by atoms with Crippen LogP contribution >= 0.6 is 0 Å². The standard InChI is InChI=1S/C22H31N5O2/c1-4-19-23-20(25-24-19)13-26-10-16-11-27(21(28)14-29-5-2)22(18(16)12-26)17-9-7-6-8-15(17)3/h6-9,16,18,22H,4-5,10-14H2,1-3H3,(H,23,24,25)/t16-,18-,22-/m0/s1. The van der Waals surface area contributed by atoms with Gasteiger partial charge in [-0.15, -0.1) is 0 Å². The second-order valence-electron chi connectivity index (χ2n) is 8.15. The zero-order valence-electron chi connectivity index (χ0n) is 17.6. The lowest BCUT2D eigenvalue weighted by atomic mass is 9.87. The number of nitrogens with zero attached hydrogens (tertiary/aromatic N) is 4. The number of aromatic amines is 1. The van der Waals surface area contributed by atoms with Crippen molar-refractivity contribution in [2.75, 3.05) is 32.8 Å². The molecule has 29 heavy (non-hydrogen) atoms. The third-order valence-corrected chi connectivity index (χ3v) is 6.26. The van der Waals surface area contributed by atoms with Gasteiger partial charge in [0.05, 0.1) is 12.6 Å². The molecule has 3 atom stereocenters. The number of amides is 1. The van der Waals surface area contributed by atoms with Crippen molar-refractivity contribution in [3.63, 3.8) is 0 Å². The van der Waals surface area contributed by atoms with Gasteiger partial charge in [-0.05, 0) is 30.9 Å². The number of rotatable bonds is 7. The van der Waals surface area contributed by atoms with Crippen LogP contribution in [0.15, 0.2) is 24.3 Å². The molecule has 4 rings (SSSR count). The molecule has 0 unspecified atom stereocenters. The van der Waals surface area contributed by atoms with Gasteiger partial charge in [0.25, 0.3) is 0 Å². The van der Waals surface area contributed by atoms with E-state index in [4.69, 9.17) is 4.74 Å². The van der Waals surface area contributed by atoms with Crippen LogP contribution < -0.4 is 0 Å². The van der Waals surface area contributed by atoms with Crippen LogP contribution in [0.2, 0.25) is 0 Å². The number of fused-ring (bicyclic) bond motifs is 1. The molecule has 2 saturated heterocycles. The van der Waals surface area contributed by atoms with Crippen LogP contribution in [0.3, 0.4) is 0 Å². The first-order chi connectivity index (χ1) is 14.1. The Hall–Kier alpha value is -2.25. The van der Waals surface area contributed by atoms with Gasteiger partial charge in [0, 0.05) is 38.6 Å². The molecular weight excluding hydrogens is 366 g/mol. The fraction of sp³-hybridized carbons (Fsp3) is 0.591. The number of carbonyl (C=O) groups is 1. The Balaban J connectivity index is 1.53. The molecule has 1 aromatic heterocycles. The summed E-state index contributed by atoms with van der Waals surface area (Å²) in [5.74, 6) is 2.79. The van der Waals surface area contributed by atoms with E-state index in [0.29, 0.717) is 18.4 Å². The van der Waals surface area contributed by atoms with E-state index in [1.165, 1.54) is 11.1 Å². The van der Waals surface area contributed by atoms with Crippen molar-refractivity contribution < 1.29 is 9.53 Å². The summed E-state index contributed by atoms with van der Waals surface area (Å²) in [7, 11) is 0. The Morgan fingerprint density at radius 1 is 1.24 bits per heavy atom. The van der Waals surface area contributed by atoms with Gasteiger partial charge in [-0.25, -0.2) is 4.98 Å². The Labute approximate surface area is 172 Å². The normalized spacial score (nSPS) is 24.2. The predicted octanol–water partition coefficient (Wildman–Crippen LogP) is 2.34. The summed E-state index contributed by atoms with van der Waals surface area (Å²) in [5, 5.41) is 7.32. The molecule has 1 aromatic carbocycles. The highest BCUT2D eigenvalue weighted by atomic mass is 16.5. The maximum absolute atomic E-state index is 12.9. The first-order valence-electron chi connectivity index (χ1n) is 10.7. The average molecular weight is 398 g/mol. The van der Waals surface area contributed by atoms with Crippen molar-refractivity contribution in [1.29, 1.82) is 0 Å². The Bertz CT molecular complexity index is 851. The first kappa shape index (κ1) is 20.0. The van der Waals surface area contributed by atoms with Gasteiger partial charge in [0.2, 0.25) is 5.91 Å². The van der Waals surface area contributed by atoms with Crippen LogP contribution in [0.25, 0.3) is 0 Å². The Morgan fingerprint density at radius 3 is 2.79 bits per heavy atom. The Kier molecular flexibility index (Phi) is 5.96. The van der Waals surface area contributed by atoms with Crippen molar-refractivity contribution in [2.45, 2.75) is 39.8 Å². The van der Waals surface area contributed by atoms with E-state index in [1.54, 1.807) is 0 Å². The van der Waals surface area contributed by atoms with Gasteiger partial charge in [0.15, 0.2) is 0 Å². The maximum Gasteiger partial charge on any atom is 0.249 e. The van der Waals surface area contributed by atoms with E-state index < -0.39 is 0 Å². The largest absolute Gasteiger partial charge is 0.372 e. The average Bonchev–Trinajstić information content (AvgIpc) is 3.41. The minimum atomic E-state index is 0.101. The molecule has 0 aliphatic carbocycles. The molecule has 1 N–H and O–H groups in total. The lowest BCUT2D eigenvalue weighted by Gasteiger charge is -2.30. The summed E-state index contributed by atoms with van der Waals surface area (Å²) in [6, 6.07) is 8.57. The zero-order valence-corrected chi connectivity index (χ0v) is 17.6. The number of H-pyrrole nitrogens is 1. The number of hydrogen-bond donors (Lipinski definition) is 1. The maximum atomic E-state index is 12.9. The highest BCUT2D eigenvalue weighted by Gasteiger charge is 2.49. The minimum Gasteiger partial charge on any atom is -0.372 e. The van der Waals surface area contributed by atoms with E-state index in [2.05, 4.69) is 63.1 Å². The number of hydrogen-bond acceptors (Lipinski definition) is 5. The molecule has 1 amide bonds. The molecule has 2 aliphatic rings. The van der Waals surface area contributed by atoms with E-state index >= 15 is 0 Å². The van der Waals surface area contributed by atoms with Crippen molar-refractivity contribution in [3.8, 4) is 0 Å².